The van der Waals surface area contributed by atoms with Gasteiger partial charge in [-0.1, -0.05) is 13.3 Å². The van der Waals surface area contributed by atoms with Crippen molar-refractivity contribution in [2.75, 3.05) is 26.7 Å². The first-order chi connectivity index (χ1) is 9.30. The van der Waals surface area contributed by atoms with Crippen LogP contribution >= 0.6 is 0 Å². The molecular weight excluding hydrogens is 236 g/mol. The number of H-pyrrole nitrogens is 1. The highest BCUT2D eigenvalue weighted by atomic mass is 16.5. The van der Waals surface area contributed by atoms with Crippen LogP contribution in [0.15, 0.2) is 24.4 Å². The smallest absolute Gasteiger partial charge is 0.119 e. The standard InChI is InChI=1S/C16H22N2O/c1-3-12-10-18(11-12)7-6-13-9-17-16-5-4-14(19-2)8-15(13)16/h4-5,8-9,12,17H,3,6-7,10-11H2,1-2H3. The zero-order chi connectivity index (χ0) is 13.2. The van der Waals surface area contributed by atoms with Crippen LogP contribution in [0, 0.1) is 5.92 Å². The van der Waals surface area contributed by atoms with Crippen LogP contribution < -0.4 is 4.74 Å². The molecular formula is C16H22N2O. The molecule has 0 aliphatic carbocycles. The summed E-state index contributed by atoms with van der Waals surface area (Å²) in [6.45, 7) is 6.01. The van der Waals surface area contributed by atoms with E-state index in [9.17, 15) is 0 Å². The molecule has 0 radical (unpaired) electrons. The molecule has 3 heteroatoms. The van der Waals surface area contributed by atoms with Gasteiger partial charge in [0.15, 0.2) is 0 Å². The van der Waals surface area contributed by atoms with Gasteiger partial charge in [0, 0.05) is 36.7 Å². The predicted molar refractivity (Wildman–Crippen MR) is 78.8 cm³/mol. The van der Waals surface area contributed by atoms with Gasteiger partial charge in [0.2, 0.25) is 0 Å². The maximum atomic E-state index is 5.31. The van der Waals surface area contributed by atoms with Crippen molar-refractivity contribution in [3.8, 4) is 5.75 Å². The van der Waals surface area contributed by atoms with Gasteiger partial charge in [-0.15, -0.1) is 0 Å². The molecule has 0 saturated carbocycles. The maximum absolute atomic E-state index is 5.31. The Kier molecular flexibility index (Phi) is 3.47. The van der Waals surface area contributed by atoms with Gasteiger partial charge < -0.3 is 14.6 Å². The second-order valence-corrected chi connectivity index (χ2v) is 5.51. The maximum Gasteiger partial charge on any atom is 0.119 e. The molecule has 1 aromatic heterocycles. The summed E-state index contributed by atoms with van der Waals surface area (Å²) in [7, 11) is 1.72. The molecule has 1 aliphatic rings. The van der Waals surface area contributed by atoms with Crippen molar-refractivity contribution >= 4 is 10.9 Å². The number of fused-ring (bicyclic) bond motifs is 1. The molecule has 0 atom stereocenters. The predicted octanol–water partition coefficient (Wildman–Crippen LogP) is 3.06. The van der Waals surface area contributed by atoms with Crippen molar-refractivity contribution in [2.45, 2.75) is 19.8 Å². The first-order valence-corrected chi connectivity index (χ1v) is 7.16. The lowest BCUT2D eigenvalue weighted by molar-refractivity contribution is 0.0995. The van der Waals surface area contributed by atoms with Crippen molar-refractivity contribution in [2.24, 2.45) is 5.92 Å². The summed E-state index contributed by atoms with van der Waals surface area (Å²) in [6.07, 6.45) is 4.57. The summed E-state index contributed by atoms with van der Waals surface area (Å²) >= 11 is 0. The Hall–Kier alpha value is -1.48. The Labute approximate surface area is 114 Å². The third-order valence-electron chi connectivity index (χ3n) is 4.28. The monoisotopic (exact) mass is 258 g/mol. The van der Waals surface area contributed by atoms with E-state index in [2.05, 4.69) is 35.1 Å². The molecule has 2 aromatic rings. The molecule has 19 heavy (non-hydrogen) atoms. The minimum Gasteiger partial charge on any atom is -0.497 e. The van der Waals surface area contributed by atoms with E-state index in [1.807, 2.05) is 6.07 Å². The number of hydrogen-bond donors (Lipinski definition) is 1. The fraction of sp³-hybridized carbons (Fsp3) is 0.500. The molecule has 0 spiro atoms. The molecule has 1 saturated heterocycles. The normalized spacial score (nSPS) is 16.7. The van der Waals surface area contributed by atoms with Gasteiger partial charge in [-0.25, -0.2) is 0 Å². The molecule has 3 nitrogen and oxygen atoms in total. The third-order valence-corrected chi connectivity index (χ3v) is 4.28. The summed E-state index contributed by atoms with van der Waals surface area (Å²) in [6, 6.07) is 6.23. The zero-order valence-corrected chi connectivity index (χ0v) is 11.8. The lowest BCUT2D eigenvalue weighted by atomic mass is 9.97. The number of aromatic amines is 1. The molecule has 1 N–H and O–H groups in total. The van der Waals surface area contributed by atoms with Crippen molar-refractivity contribution in [3.05, 3.63) is 30.0 Å². The van der Waals surface area contributed by atoms with Gasteiger partial charge in [0.1, 0.15) is 5.75 Å². The summed E-state index contributed by atoms with van der Waals surface area (Å²) < 4.78 is 5.31. The van der Waals surface area contributed by atoms with Crippen LogP contribution in [0.1, 0.15) is 18.9 Å². The van der Waals surface area contributed by atoms with E-state index in [4.69, 9.17) is 4.74 Å². The Morgan fingerprint density at radius 2 is 2.21 bits per heavy atom. The zero-order valence-electron chi connectivity index (χ0n) is 11.8. The topological polar surface area (TPSA) is 28.3 Å². The molecule has 3 rings (SSSR count). The van der Waals surface area contributed by atoms with Crippen molar-refractivity contribution in [3.63, 3.8) is 0 Å². The van der Waals surface area contributed by atoms with Crippen LogP contribution in [0.5, 0.6) is 5.75 Å². The summed E-state index contributed by atoms with van der Waals surface area (Å²) in [5.41, 5.74) is 2.60. The van der Waals surface area contributed by atoms with E-state index in [-0.39, 0.29) is 0 Å². The van der Waals surface area contributed by atoms with E-state index in [0.29, 0.717) is 0 Å². The summed E-state index contributed by atoms with van der Waals surface area (Å²) in [4.78, 5) is 5.89. The number of nitrogens with one attached hydrogen (secondary N) is 1. The van der Waals surface area contributed by atoms with Crippen LogP contribution in [-0.4, -0.2) is 36.6 Å². The van der Waals surface area contributed by atoms with E-state index >= 15 is 0 Å². The molecule has 1 aliphatic heterocycles. The fourth-order valence-corrected chi connectivity index (χ4v) is 2.89. The van der Waals surface area contributed by atoms with Crippen LogP contribution in [-0.2, 0) is 6.42 Å². The van der Waals surface area contributed by atoms with Crippen molar-refractivity contribution < 1.29 is 4.74 Å². The average Bonchev–Trinajstić information content (AvgIpc) is 2.79. The Morgan fingerprint density at radius 1 is 1.37 bits per heavy atom. The molecule has 102 valence electrons. The summed E-state index contributed by atoms with van der Waals surface area (Å²) in [5, 5.41) is 1.30. The second kappa shape index (κ2) is 5.25. The minimum absolute atomic E-state index is 0.933. The lowest BCUT2D eigenvalue weighted by Gasteiger charge is -2.38. The van der Waals surface area contributed by atoms with E-state index in [1.165, 1.54) is 42.5 Å². The van der Waals surface area contributed by atoms with Crippen molar-refractivity contribution in [1.29, 1.82) is 0 Å². The Balaban J connectivity index is 1.67. The van der Waals surface area contributed by atoms with E-state index in [1.54, 1.807) is 7.11 Å². The largest absolute Gasteiger partial charge is 0.497 e. The number of hydrogen-bond acceptors (Lipinski definition) is 2. The van der Waals surface area contributed by atoms with Crippen LogP contribution in [0.4, 0.5) is 0 Å². The Bertz CT molecular complexity index is 555. The first kappa shape index (κ1) is 12.5. The highest BCUT2D eigenvalue weighted by Gasteiger charge is 2.24. The number of likely N-dealkylation sites (tertiary alicyclic amines) is 1. The minimum atomic E-state index is 0.933. The SMILES string of the molecule is CCC1CN(CCc2c[nH]c3ccc(OC)cc23)C1. The van der Waals surface area contributed by atoms with Crippen LogP contribution in [0.2, 0.25) is 0 Å². The van der Waals surface area contributed by atoms with Crippen LogP contribution in [0.3, 0.4) is 0 Å². The highest BCUT2D eigenvalue weighted by molar-refractivity contribution is 5.84. The van der Waals surface area contributed by atoms with Gasteiger partial charge >= 0.3 is 0 Å². The molecule has 1 aromatic carbocycles. The van der Waals surface area contributed by atoms with Gasteiger partial charge in [-0.3, -0.25) is 0 Å². The number of rotatable bonds is 5. The second-order valence-electron chi connectivity index (χ2n) is 5.51. The molecule has 1 fully saturated rings. The average molecular weight is 258 g/mol. The molecule has 2 heterocycles. The lowest BCUT2D eigenvalue weighted by Crippen LogP contribution is -2.46. The number of nitrogens with zero attached hydrogens (tertiary/aromatic N) is 1. The van der Waals surface area contributed by atoms with Crippen LogP contribution in [0.25, 0.3) is 10.9 Å². The van der Waals surface area contributed by atoms with Gasteiger partial charge in [-0.05, 0) is 36.1 Å². The third kappa shape index (κ3) is 2.47. The number of methoxy groups -OCH3 is 1. The number of benzene rings is 1. The van der Waals surface area contributed by atoms with Gasteiger partial charge in [0.25, 0.3) is 0 Å². The quantitative estimate of drug-likeness (QED) is 0.892. The fourth-order valence-electron chi connectivity index (χ4n) is 2.89. The highest BCUT2D eigenvalue weighted by Crippen LogP contribution is 2.25. The molecule has 0 unspecified atom stereocenters. The van der Waals surface area contributed by atoms with Gasteiger partial charge in [-0.2, -0.15) is 0 Å². The first-order valence-electron chi connectivity index (χ1n) is 7.16. The number of aromatic nitrogens is 1. The molecule has 0 bridgehead atoms. The van der Waals surface area contributed by atoms with E-state index in [0.717, 1.165) is 18.1 Å². The van der Waals surface area contributed by atoms with E-state index < -0.39 is 0 Å². The Morgan fingerprint density at radius 3 is 2.95 bits per heavy atom. The van der Waals surface area contributed by atoms with Gasteiger partial charge in [0.05, 0.1) is 7.11 Å². The number of ether oxygens (including phenoxy) is 1. The summed E-state index contributed by atoms with van der Waals surface area (Å²) in [5.74, 6) is 1.87. The molecule has 0 amide bonds. The van der Waals surface area contributed by atoms with Crippen molar-refractivity contribution in [1.82, 2.24) is 9.88 Å².